The maximum Gasteiger partial charge on any atom is 0.346 e. The second-order valence-corrected chi connectivity index (χ2v) is 4.40. The van der Waals surface area contributed by atoms with Crippen molar-refractivity contribution in [2.24, 2.45) is 0 Å². The predicted octanol–water partition coefficient (Wildman–Crippen LogP) is -0.198. The number of nitrogen functional groups attached to an aromatic ring is 1. The highest BCUT2D eigenvalue weighted by Crippen LogP contribution is 2.09. The minimum atomic E-state index is -0.0664. The van der Waals surface area contributed by atoms with Crippen LogP contribution in [0, 0.1) is 0 Å². The lowest BCUT2D eigenvalue weighted by atomic mass is 10.2. The quantitative estimate of drug-likeness (QED) is 0.792. The summed E-state index contributed by atoms with van der Waals surface area (Å²) in [5.41, 5.74) is 6.08. The number of nitrogens with two attached hydrogens (primary N) is 1. The highest BCUT2D eigenvalue weighted by Gasteiger charge is 2.16. The third kappa shape index (κ3) is 1.87. The minimum Gasteiger partial charge on any atom is -0.382 e. The van der Waals surface area contributed by atoms with Crippen LogP contribution in [0.3, 0.4) is 0 Å². The number of aryl methyl sites for hydroxylation is 1. The summed E-state index contributed by atoms with van der Waals surface area (Å²) in [5.74, 6) is 1.24. The lowest BCUT2D eigenvalue weighted by molar-refractivity contribution is 0.511. The molecule has 0 bridgehead atoms. The predicted molar refractivity (Wildman–Crippen MR) is 65.0 cm³/mol. The van der Waals surface area contributed by atoms with Crippen molar-refractivity contribution in [1.82, 2.24) is 24.3 Å². The molecule has 1 aliphatic rings. The number of anilines is 1. The first-order chi connectivity index (χ1) is 8.74. The fraction of sp³-hybridized carbons (Fsp3) is 0.455. The lowest BCUT2D eigenvalue weighted by Gasteiger charge is -2.09. The first kappa shape index (κ1) is 10.9. The molecule has 0 amide bonds. The topological polar surface area (TPSA) is 91.6 Å². The summed E-state index contributed by atoms with van der Waals surface area (Å²) in [6, 6.07) is 0. The largest absolute Gasteiger partial charge is 0.382 e. The summed E-state index contributed by atoms with van der Waals surface area (Å²) in [6.07, 6.45) is 6.06. The van der Waals surface area contributed by atoms with Gasteiger partial charge in [-0.3, -0.25) is 9.55 Å². The van der Waals surface area contributed by atoms with Crippen LogP contribution in [0.5, 0.6) is 0 Å². The van der Waals surface area contributed by atoms with Gasteiger partial charge >= 0.3 is 5.69 Å². The Morgan fingerprint density at radius 1 is 1.28 bits per heavy atom. The van der Waals surface area contributed by atoms with Crippen LogP contribution in [-0.4, -0.2) is 24.3 Å². The van der Waals surface area contributed by atoms with Crippen molar-refractivity contribution in [2.45, 2.75) is 32.4 Å². The molecule has 18 heavy (non-hydrogen) atoms. The average Bonchev–Trinajstić information content (AvgIpc) is 2.70. The molecule has 7 nitrogen and oxygen atoms in total. The lowest BCUT2D eigenvalue weighted by Crippen LogP contribution is -2.27. The smallest absolute Gasteiger partial charge is 0.346 e. The van der Waals surface area contributed by atoms with E-state index in [-0.39, 0.29) is 5.69 Å². The van der Waals surface area contributed by atoms with Gasteiger partial charge in [-0.05, 0) is 12.8 Å². The Kier molecular flexibility index (Phi) is 2.58. The highest BCUT2D eigenvalue weighted by atomic mass is 16.2. The van der Waals surface area contributed by atoms with Crippen LogP contribution in [0.2, 0.25) is 0 Å². The van der Waals surface area contributed by atoms with Crippen LogP contribution in [-0.2, 0) is 19.5 Å². The van der Waals surface area contributed by atoms with E-state index in [0.29, 0.717) is 18.1 Å². The summed E-state index contributed by atoms with van der Waals surface area (Å²) in [4.78, 5) is 20.2. The van der Waals surface area contributed by atoms with Gasteiger partial charge in [0.15, 0.2) is 0 Å². The Balaban J connectivity index is 1.91. The normalized spacial score (nSPS) is 14.4. The van der Waals surface area contributed by atoms with Crippen LogP contribution >= 0.6 is 0 Å². The third-order valence-electron chi connectivity index (χ3n) is 3.07. The molecule has 94 valence electrons. The van der Waals surface area contributed by atoms with Gasteiger partial charge in [-0.2, -0.15) is 5.10 Å². The fourth-order valence-electron chi connectivity index (χ4n) is 2.15. The Labute approximate surface area is 103 Å². The maximum absolute atomic E-state index is 12.1. The van der Waals surface area contributed by atoms with Crippen LogP contribution < -0.4 is 11.4 Å². The summed E-state index contributed by atoms with van der Waals surface area (Å²) < 4.78 is 3.19. The highest BCUT2D eigenvalue weighted by molar-refractivity contribution is 5.22. The number of aromatic nitrogens is 5. The van der Waals surface area contributed by atoms with E-state index in [1.165, 1.54) is 10.9 Å². The monoisotopic (exact) mass is 246 g/mol. The molecule has 0 spiro atoms. The molecule has 2 N–H and O–H groups in total. The van der Waals surface area contributed by atoms with Crippen molar-refractivity contribution in [3.05, 3.63) is 34.4 Å². The van der Waals surface area contributed by atoms with Gasteiger partial charge in [-0.25, -0.2) is 14.5 Å². The van der Waals surface area contributed by atoms with Crippen LogP contribution in [0.4, 0.5) is 5.82 Å². The molecule has 3 rings (SSSR count). The van der Waals surface area contributed by atoms with Gasteiger partial charge in [0, 0.05) is 13.0 Å². The molecule has 0 atom stereocenters. The summed E-state index contributed by atoms with van der Waals surface area (Å²) in [5, 5.41) is 4.34. The Hall–Kier alpha value is -2.18. The van der Waals surface area contributed by atoms with Gasteiger partial charge in [0.1, 0.15) is 11.6 Å². The molecule has 3 heterocycles. The summed E-state index contributed by atoms with van der Waals surface area (Å²) in [6.45, 7) is 1.10. The molecule has 7 heteroatoms. The summed E-state index contributed by atoms with van der Waals surface area (Å²) >= 11 is 0. The average molecular weight is 246 g/mol. The van der Waals surface area contributed by atoms with E-state index in [9.17, 15) is 4.79 Å². The molecule has 0 radical (unpaired) electrons. The van der Waals surface area contributed by atoms with Crippen molar-refractivity contribution in [3.8, 4) is 0 Å². The van der Waals surface area contributed by atoms with Crippen molar-refractivity contribution in [3.63, 3.8) is 0 Å². The molecule has 0 unspecified atom stereocenters. The zero-order valence-corrected chi connectivity index (χ0v) is 9.91. The number of hydrogen-bond donors (Lipinski definition) is 1. The van der Waals surface area contributed by atoms with Gasteiger partial charge in [-0.1, -0.05) is 0 Å². The van der Waals surface area contributed by atoms with Gasteiger partial charge in [0.05, 0.1) is 24.6 Å². The van der Waals surface area contributed by atoms with E-state index in [2.05, 4.69) is 15.1 Å². The van der Waals surface area contributed by atoms with Crippen molar-refractivity contribution < 1.29 is 0 Å². The van der Waals surface area contributed by atoms with Gasteiger partial charge < -0.3 is 5.73 Å². The molecule has 0 saturated carbocycles. The Morgan fingerprint density at radius 2 is 2.17 bits per heavy atom. The fourth-order valence-corrected chi connectivity index (χ4v) is 2.15. The third-order valence-corrected chi connectivity index (χ3v) is 3.07. The minimum absolute atomic E-state index is 0.0664. The van der Waals surface area contributed by atoms with Gasteiger partial charge in [0.25, 0.3) is 0 Å². The van der Waals surface area contributed by atoms with E-state index < -0.39 is 0 Å². The van der Waals surface area contributed by atoms with Crippen LogP contribution in [0.1, 0.15) is 24.4 Å². The molecular formula is C11H14N6O. The number of nitrogens with zero attached hydrogens (tertiary/aromatic N) is 5. The number of hydrogen-bond acceptors (Lipinski definition) is 5. The Bertz CT molecular complexity index is 611. The zero-order chi connectivity index (χ0) is 12.5. The zero-order valence-electron chi connectivity index (χ0n) is 9.91. The molecule has 1 aliphatic heterocycles. The molecule has 0 aromatic carbocycles. The first-order valence-electron chi connectivity index (χ1n) is 5.97. The van der Waals surface area contributed by atoms with Crippen molar-refractivity contribution in [1.29, 1.82) is 0 Å². The summed E-state index contributed by atoms with van der Waals surface area (Å²) in [7, 11) is 0. The molecule has 2 aromatic rings. The second-order valence-electron chi connectivity index (χ2n) is 4.40. The van der Waals surface area contributed by atoms with Crippen LogP contribution in [0.15, 0.2) is 17.2 Å². The van der Waals surface area contributed by atoms with E-state index in [4.69, 9.17) is 5.73 Å². The standard InChI is InChI=1S/C11H14N6O/c12-9-6-13-8(5-14-9)7-17-11(18)16-4-2-1-3-10(16)15-17/h5-6H,1-4,7H2,(H2,12,14). The number of rotatable bonds is 2. The maximum atomic E-state index is 12.1. The van der Waals surface area contributed by atoms with Gasteiger partial charge in [0.2, 0.25) is 0 Å². The molecule has 0 saturated heterocycles. The van der Waals surface area contributed by atoms with Crippen LogP contribution in [0.25, 0.3) is 0 Å². The Morgan fingerprint density at radius 3 is 2.89 bits per heavy atom. The molecule has 0 aliphatic carbocycles. The second kappa shape index (κ2) is 4.25. The SMILES string of the molecule is Nc1cnc(Cn2nc3n(c2=O)CCCC3)cn1. The van der Waals surface area contributed by atoms with E-state index in [1.54, 1.807) is 10.8 Å². The molecular weight excluding hydrogens is 232 g/mol. The first-order valence-corrected chi connectivity index (χ1v) is 5.97. The molecule has 2 aromatic heterocycles. The molecule has 0 fully saturated rings. The van der Waals surface area contributed by atoms with E-state index in [0.717, 1.165) is 31.6 Å². The van der Waals surface area contributed by atoms with E-state index in [1.807, 2.05) is 0 Å². The number of fused-ring (bicyclic) bond motifs is 1. The van der Waals surface area contributed by atoms with Crippen molar-refractivity contribution in [2.75, 3.05) is 5.73 Å². The van der Waals surface area contributed by atoms with Gasteiger partial charge in [-0.15, -0.1) is 0 Å². The van der Waals surface area contributed by atoms with E-state index >= 15 is 0 Å². The van der Waals surface area contributed by atoms with Crippen molar-refractivity contribution >= 4 is 5.82 Å².